The van der Waals surface area contributed by atoms with Crippen molar-refractivity contribution in [2.75, 3.05) is 13.2 Å². The van der Waals surface area contributed by atoms with Crippen molar-refractivity contribution < 1.29 is 9.47 Å². The van der Waals surface area contributed by atoms with E-state index in [0.717, 1.165) is 35.8 Å². The number of hydrogen-bond acceptors (Lipinski definition) is 3. The van der Waals surface area contributed by atoms with Gasteiger partial charge in [-0.2, -0.15) is 5.26 Å². The summed E-state index contributed by atoms with van der Waals surface area (Å²) in [5.74, 6) is 1.62. The Hall–Kier alpha value is -1.69. The van der Waals surface area contributed by atoms with Gasteiger partial charge in [0.15, 0.2) is 11.5 Å². The molecule has 0 saturated heterocycles. The zero-order chi connectivity index (χ0) is 11.9. The minimum atomic E-state index is 0.266. The van der Waals surface area contributed by atoms with Crippen LogP contribution in [0.2, 0.25) is 0 Å². The molecule has 3 nitrogen and oxygen atoms in total. The van der Waals surface area contributed by atoms with Crippen molar-refractivity contribution in [3.63, 3.8) is 0 Å². The molecule has 0 atom stereocenters. The van der Waals surface area contributed by atoms with E-state index in [2.05, 4.69) is 6.07 Å². The summed E-state index contributed by atoms with van der Waals surface area (Å²) in [7, 11) is 0. The molecular weight excluding hydrogens is 214 g/mol. The molecule has 1 heterocycles. The second-order valence-electron chi connectivity index (χ2n) is 5.14. The lowest BCUT2D eigenvalue weighted by molar-refractivity contribution is 0.197. The van der Waals surface area contributed by atoms with Gasteiger partial charge in [-0.15, -0.1) is 0 Å². The zero-order valence-electron chi connectivity index (χ0n) is 9.95. The lowest BCUT2D eigenvalue weighted by Gasteiger charge is -2.10. The van der Waals surface area contributed by atoms with Crippen molar-refractivity contribution in [2.24, 2.45) is 5.41 Å². The predicted molar refractivity (Wildman–Crippen MR) is 63.2 cm³/mol. The Morgan fingerprint density at radius 2 is 1.88 bits per heavy atom. The van der Waals surface area contributed by atoms with Crippen molar-refractivity contribution in [2.45, 2.75) is 26.2 Å². The maximum Gasteiger partial charge on any atom is 0.161 e. The Kier molecular flexibility index (Phi) is 2.25. The van der Waals surface area contributed by atoms with Crippen LogP contribution in [0.1, 0.15) is 24.0 Å². The second kappa shape index (κ2) is 3.66. The molecule has 2 aliphatic rings. The first kappa shape index (κ1) is 10.5. The highest BCUT2D eigenvalue weighted by Gasteiger charge is 2.46. The molecule has 1 fully saturated rings. The number of nitrogens with zero attached hydrogens (tertiary/aromatic N) is 1. The van der Waals surface area contributed by atoms with Crippen molar-refractivity contribution >= 4 is 0 Å². The number of fused-ring (bicyclic) bond motifs is 1. The molecule has 17 heavy (non-hydrogen) atoms. The quantitative estimate of drug-likeness (QED) is 0.743. The van der Waals surface area contributed by atoms with Crippen LogP contribution in [0.25, 0.3) is 0 Å². The number of aryl methyl sites for hydroxylation is 1. The first-order chi connectivity index (χ1) is 8.22. The van der Waals surface area contributed by atoms with E-state index in [1.807, 2.05) is 19.1 Å². The van der Waals surface area contributed by atoms with Crippen LogP contribution in [0.15, 0.2) is 12.1 Å². The summed E-state index contributed by atoms with van der Waals surface area (Å²) in [5, 5.41) is 8.77. The molecule has 1 aliphatic carbocycles. The van der Waals surface area contributed by atoms with Crippen LogP contribution in [-0.4, -0.2) is 13.2 Å². The van der Waals surface area contributed by atoms with Crippen molar-refractivity contribution in [3.05, 3.63) is 23.3 Å². The molecule has 88 valence electrons. The van der Waals surface area contributed by atoms with Gasteiger partial charge in [-0.05, 0) is 43.0 Å². The van der Waals surface area contributed by atoms with E-state index >= 15 is 0 Å². The maximum atomic E-state index is 8.77. The van der Waals surface area contributed by atoms with E-state index in [9.17, 15) is 0 Å². The molecule has 1 aliphatic heterocycles. The second-order valence-corrected chi connectivity index (χ2v) is 5.14. The summed E-state index contributed by atoms with van der Waals surface area (Å²) in [4.78, 5) is 0. The van der Waals surface area contributed by atoms with E-state index in [4.69, 9.17) is 14.7 Å². The minimum Gasteiger partial charge on any atom is -0.489 e. The fourth-order valence-corrected chi connectivity index (χ4v) is 2.17. The van der Waals surface area contributed by atoms with Crippen LogP contribution >= 0.6 is 0 Å². The summed E-state index contributed by atoms with van der Waals surface area (Å²) >= 11 is 0. The van der Waals surface area contributed by atoms with Crippen LogP contribution in [0, 0.1) is 23.7 Å². The lowest BCUT2D eigenvalue weighted by Crippen LogP contribution is -2.17. The Morgan fingerprint density at radius 3 is 2.47 bits per heavy atom. The predicted octanol–water partition coefficient (Wildman–Crippen LogP) is 2.61. The Bertz CT molecular complexity index is 498. The molecule has 0 radical (unpaired) electrons. The first-order valence-electron chi connectivity index (χ1n) is 5.99. The number of rotatable bonds is 1. The zero-order valence-corrected chi connectivity index (χ0v) is 9.95. The van der Waals surface area contributed by atoms with E-state index < -0.39 is 0 Å². The largest absolute Gasteiger partial charge is 0.489 e. The highest BCUT2D eigenvalue weighted by atomic mass is 16.5. The lowest BCUT2D eigenvalue weighted by atomic mass is 10.1. The molecule has 1 aromatic rings. The number of benzene rings is 1. The smallest absolute Gasteiger partial charge is 0.161 e. The van der Waals surface area contributed by atoms with Crippen LogP contribution in [-0.2, 0) is 6.42 Å². The van der Waals surface area contributed by atoms with Gasteiger partial charge in [0.25, 0.3) is 0 Å². The van der Waals surface area contributed by atoms with Crippen LogP contribution in [0.5, 0.6) is 11.5 Å². The summed E-state index contributed by atoms with van der Waals surface area (Å²) < 4.78 is 11.7. The molecule has 3 heteroatoms. The molecular formula is C14H15NO2. The summed E-state index contributed by atoms with van der Waals surface area (Å²) in [6, 6.07) is 6.12. The van der Waals surface area contributed by atoms with Crippen molar-refractivity contribution in [1.29, 1.82) is 5.26 Å². The highest BCUT2D eigenvalue weighted by Crippen LogP contribution is 2.49. The normalized spacial score (nSPS) is 19.5. The molecule has 0 bridgehead atoms. The van der Waals surface area contributed by atoms with Crippen molar-refractivity contribution in [1.82, 2.24) is 0 Å². The summed E-state index contributed by atoms with van der Waals surface area (Å²) in [6.07, 6.45) is 2.82. The first-order valence-corrected chi connectivity index (χ1v) is 5.99. The number of hydrogen-bond donors (Lipinski definition) is 0. The van der Waals surface area contributed by atoms with Crippen molar-refractivity contribution in [3.8, 4) is 17.6 Å². The van der Waals surface area contributed by atoms with Gasteiger partial charge in [0.2, 0.25) is 0 Å². The van der Waals surface area contributed by atoms with Crippen LogP contribution in [0.3, 0.4) is 0 Å². The van der Waals surface area contributed by atoms with Gasteiger partial charge in [0, 0.05) is 5.41 Å². The Balaban J connectivity index is 1.93. The topological polar surface area (TPSA) is 42.2 Å². The van der Waals surface area contributed by atoms with Gasteiger partial charge in [0.05, 0.1) is 25.7 Å². The number of ether oxygens (including phenoxy) is 2. The van der Waals surface area contributed by atoms with Crippen LogP contribution in [0.4, 0.5) is 0 Å². The van der Waals surface area contributed by atoms with Gasteiger partial charge in [-0.1, -0.05) is 0 Å². The third-order valence-electron chi connectivity index (χ3n) is 3.70. The van der Waals surface area contributed by atoms with Gasteiger partial charge >= 0.3 is 0 Å². The molecule has 0 unspecified atom stereocenters. The van der Waals surface area contributed by atoms with Crippen LogP contribution < -0.4 is 9.47 Å². The molecule has 1 spiro atoms. The average molecular weight is 229 g/mol. The highest BCUT2D eigenvalue weighted by molar-refractivity contribution is 5.48. The third kappa shape index (κ3) is 1.84. The summed E-state index contributed by atoms with van der Waals surface area (Å²) in [6.45, 7) is 3.51. The monoisotopic (exact) mass is 229 g/mol. The van der Waals surface area contributed by atoms with Gasteiger partial charge in [-0.25, -0.2) is 0 Å². The van der Waals surface area contributed by atoms with E-state index in [0.29, 0.717) is 6.42 Å². The molecule has 0 amide bonds. The van der Waals surface area contributed by atoms with E-state index in [1.54, 1.807) is 0 Å². The molecule has 1 aromatic carbocycles. The summed E-state index contributed by atoms with van der Waals surface area (Å²) in [5.41, 5.74) is 2.39. The molecule has 0 N–H and O–H groups in total. The van der Waals surface area contributed by atoms with Gasteiger partial charge in [0.1, 0.15) is 0 Å². The fraction of sp³-hybridized carbons (Fsp3) is 0.500. The Labute approximate surface area is 101 Å². The molecule has 1 saturated carbocycles. The maximum absolute atomic E-state index is 8.77. The standard InChI is InChI=1S/C14H15NO2/c1-10-6-12-13(7-11(10)2-5-15)17-9-14(3-4-14)8-16-12/h6-7H,2-4,8-9H2,1H3. The molecule has 3 rings (SSSR count). The average Bonchev–Trinajstić information content (AvgIpc) is 3.10. The number of nitriles is 1. The van der Waals surface area contributed by atoms with E-state index in [1.165, 1.54) is 12.8 Å². The molecule has 0 aromatic heterocycles. The van der Waals surface area contributed by atoms with E-state index in [-0.39, 0.29) is 5.41 Å². The third-order valence-corrected chi connectivity index (χ3v) is 3.70. The fourth-order valence-electron chi connectivity index (χ4n) is 2.17. The SMILES string of the molecule is Cc1cc2c(cc1CC#N)OCC1(CC1)CO2. The Morgan fingerprint density at radius 1 is 1.24 bits per heavy atom. The van der Waals surface area contributed by atoms with Gasteiger partial charge < -0.3 is 9.47 Å². The minimum absolute atomic E-state index is 0.266. The van der Waals surface area contributed by atoms with Gasteiger partial charge in [-0.3, -0.25) is 0 Å².